The molecular formula is C45H45N7O9. The summed E-state index contributed by atoms with van der Waals surface area (Å²) in [6.07, 6.45) is 2.45. The zero-order valence-electron chi connectivity index (χ0n) is 34.3. The molecule has 16 heteroatoms. The number of rotatable bonds is 9. The second-order valence-electron chi connectivity index (χ2n) is 16.0. The number of nitrogens with zero attached hydrogens (tertiary/aromatic N) is 6. The molecule has 3 aliphatic rings. The first kappa shape index (κ1) is 39.4. The van der Waals surface area contributed by atoms with Gasteiger partial charge in [0.25, 0.3) is 0 Å². The molecule has 3 aromatic carbocycles. The summed E-state index contributed by atoms with van der Waals surface area (Å²) in [6, 6.07) is 15.2. The van der Waals surface area contributed by atoms with Gasteiger partial charge >= 0.3 is 17.8 Å². The summed E-state index contributed by atoms with van der Waals surface area (Å²) >= 11 is 0. The number of aryl methyl sites for hydroxylation is 1. The van der Waals surface area contributed by atoms with Crippen LogP contribution in [0.4, 0.5) is 4.79 Å². The van der Waals surface area contributed by atoms with Crippen molar-refractivity contribution >= 4 is 39.6 Å². The van der Waals surface area contributed by atoms with E-state index in [1.807, 2.05) is 54.6 Å². The van der Waals surface area contributed by atoms with Crippen LogP contribution in [0.25, 0.3) is 44.6 Å². The Labute approximate surface area is 349 Å². The van der Waals surface area contributed by atoms with Gasteiger partial charge in [-0.2, -0.15) is 5.10 Å². The number of aromatic hydroxyl groups is 3. The molecule has 1 amide bonds. The number of benzene rings is 3. The molecule has 314 valence electrons. The first-order valence-corrected chi connectivity index (χ1v) is 20.2. The van der Waals surface area contributed by atoms with E-state index < -0.39 is 29.6 Å². The molecule has 0 saturated heterocycles. The van der Waals surface area contributed by atoms with Crippen LogP contribution < -0.4 is 5.69 Å². The van der Waals surface area contributed by atoms with Crippen LogP contribution in [-0.2, 0) is 33.8 Å². The van der Waals surface area contributed by atoms with Crippen molar-refractivity contribution in [1.29, 1.82) is 0 Å². The number of nitrogens with one attached hydrogen (secondary N) is 1. The van der Waals surface area contributed by atoms with Gasteiger partial charge in [0.05, 0.1) is 28.2 Å². The van der Waals surface area contributed by atoms with Gasteiger partial charge in [0.15, 0.2) is 12.1 Å². The Morgan fingerprint density at radius 2 is 1.87 bits per heavy atom. The van der Waals surface area contributed by atoms with Crippen molar-refractivity contribution in [3.63, 3.8) is 0 Å². The molecule has 16 nitrogen and oxygen atoms in total. The zero-order valence-corrected chi connectivity index (χ0v) is 34.3. The molecule has 5 N–H and O–H groups in total. The first-order valence-electron chi connectivity index (χ1n) is 20.2. The minimum Gasteiger partial charge on any atom is -0.508 e. The molecule has 3 aliphatic heterocycles. The van der Waals surface area contributed by atoms with E-state index in [-0.39, 0.29) is 54.1 Å². The lowest BCUT2D eigenvalue weighted by molar-refractivity contribution is -0.165. The summed E-state index contributed by atoms with van der Waals surface area (Å²) in [4.78, 5) is 48.8. The van der Waals surface area contributed by atoms with Crippen LogP contribution in [0.5, 0.6) is 17.2 Å². The Hall–Kier alpha value is -7.07. The molecule has 2 unspecified atom stereocenters. The second kappa shape index (κ2) is 14.6. The van der Waals surface area contributed by atoms with E-state index >= 15 is 0 Å². The number of cyclic esters (lactones) is 1. The molecule has 61 heavy (non-hydrogen) atoms. The topological polar surface area (TPSA) is 208 Å². The highest BCUT2D eigenvalue weighted by Gasteiger charge is 2.54. The van der Waals surface area contributed by atoms with Gasteiger partial charge in [-0.15, -0.1) is 0 Å². The number of ether oxygens (including phenoxy) is 2. The Morgan fingerprint density at radius 3 is 2.62 bits per heavy atom. The number of likely N-dealkylation sites (N-methyl/N-ethyl adjacent to an activating group) is 1. The highest BCUT2D eigenvalue weighted by molar-refractivity contribution is 5.93. The molecule has 0 aliphatic carbocycles. The van der Waals surface area contributed by atoms with E-state index in [4.69, 9.17) is 14.5 Å². The van der Waals surface area contributed by atoms with E-state index in [0.717, 1.165) is 27.4 Å². The van der Waals surface area contributed by atoms with Crippen LogP contribution in [0.15, 0.2) is 82.8 Å². The highest BCUT2D eigenvalue weighted by Crippen LogP contribution is 2.47. The van der Waals surface area contributed by atoms with Crippen molar-refractivity contribution in [3.8, 4) is 34.3 Å². The maximum Gasteiger partial charge on any atom is 0.411 e. The van der Waals surface area contributed by atoms with Gasteiger partial charge in [0.2, 0.25) is 5.60 Å². The van der Waals surface area contributed by atoms with Gasteiger partial charge in [0.1, 0.15) is 23.9 Å². The van der Waals surface area contributed by atoms with Gasteiger partial charge in [-0.3, -0.25) is 0 Å². The van der Waals surface area contributed by atoms with Crippen molar-refractivity contribution in [2.24, 2.45) is 0 Å². The lowest BCUT2D eigenvalue weighted by Gasteiger charge is -2.42. The van der Waals surface area contributed by atoms with Crippen molar-refractivity contribution < 1.29 is 39.5 Å². The van der Waals surface area contributed by atoms with Gasteiger partial charge in [-0.1, -0.05) is 27.7 Å². The number of esters is 1. The molecular weight excluding hydrogens is 783 g/mol. The molecule has 3 aromatic heterocycles. The number of aliphatic hydroxyl groups excluding tert-OH is 1. The van der Waals surface area contributed by atoms with Crippen molar-refractivity contribution in [3.05, 3.63) is 111 Å². The van der Waals surface area contributed by atoms with E-state index in [2.05, 4.69) is 10.2 Å². The third-order valence-corrected chi connectivity index (χ3v) is 12.2. The number of phenolic OH excluding ortho intramolecular Hbond substituents is 3. The first-order chi connectivity index (χ1) is 29.2. The monoisotopic (exact) mass is 827 g/mol. The summed E-state index contributed by atoms with van der Waals surface area (Å²) in [5, 5.41) is 51.5. The fourth-order valence-corrected chi connectivity index (χ4v) is 8.91. The van der Waals surface area contributed by atoms with E-state index in [1.165, 1.54) is 15.5 Å². The van der Waals surface area contributed by atoms with Crippen LogP contribution >= 0.6 is 0 Å². The van der Waals surface area contributed by atoms with Gasteiger partial charge in [-0.05, 0) is 84.5 Å². The number of hydrogen-bond donors (Lipinski definition) is 5. The predicted octanol–water partition coefficient (Wildman–Crippen LogP) is 5.79. The van der Waals surface area contributed by atoms with Gasteiger partial charge in [0, 0.05) is 71.9 Å². The highest BCUT2D eigenvalue weighted by atomic mass is 16.6. The molecule has 0 bridgehead atoms. The number of fused-ring (bicyclic) bond motifs is 5. The number of phenols is 3. The second-order valence-corrected chi connectivity index (χ2v) is 16.0. The molecule has 2 atom stereocenters. The van der Waals surface area contributed by atoms with Crippen LogP contribution in [-0.4, -0.2) is 98.6 Å². The number of amides is 1. The number of pyridine rings is 1. The average molecular weight is 828 g/mol. The Kier molecular flexibility index (Phi) is 9.42. The molecule has 6 aromatic rings. The van der Waals surface area contributed by atoms with Crippen molar-refractivity contribution in [2.75, 3.05) is 20.2 Å². The number of aliphatic hydroxyl groups is 1. The minimum atomic E-state index is -1.83. The number of aromatic nitrogens is 5. The van der Waals surface area contributed by atoms with Gasteiger partial charge in [-0.25, -0.2) is 29.0 Å². The lowest BCUT2D eigenvalue weighted by atomic mass is 9.82. The fraction of sp³-hybridized carbons (Fsp3) is 0.311. The zero-order chi connectivity index (χ0) is 43.1. The Balaban J connectivity index is 0.961. The summed E-state index contributed by atoms with van der Waals surface area (Å²) in [5.74, 6) is -0.735. The SMILES string of the molecule is CCc1c2c(nc3ccc(O)cc13)C1=CC3=C(COC(=O)C3(CC)OC(=O)N(C)CCn3ccc4cc(-n5c(-c6cc(C(C)C)c(O)cc6O)n[nH]c5=O)ccc43)C(O)N1C2. The normalized spacial score (nSPS) is 18.3. The fourth-order valence-electron chi connectivity index (χ4n) is 8.91. The number of aromatic amines is 1. The quantitative estimate of drug-likeness (QED) is 0.110. The summed E-state index contributed by atoms with van der Waals surface area (Å²) in [6.45, 7) is 8.33. The van der Waals surface area contributed by atoms with Crippen molar-refractivity contribution in [1.82, 2.24) is 34.1 Å². The standard InChI is InChI=1S/C45H45N7O9/c1-6-27-29-17-26(53)9-10-34(29)46-39-31(27)21-51-36(39)19-33-32(41(51)56)22-60-42(57)45(33,7-2)61-44(59)49(5)14-15-50-13-12-24-16-25(8-11-35(24)50)52-40(47-48-43(52)58)30-18-28(23(3)4)37(54)20-38(30)55/h8-13,16-20,23,41,53-56H,6-7,14-15,21-22H2,1-5H3,(H,48,58). The Bertz CT molecular complexity index is 2940. The molecule has 6 heterocycles. The third kappa shape index (κ3) is 6.19. The summed E-state index contributed by atoms with van der Waals surface area (Å²) < 4.78 is 15.1. The summed E-state index contributed by atoms with van der Waals surface area (Å²) in [7, 11) is 1.58. The van der Waals surface area contributed by atoms with E-state index in [9.17, 15) is 34.8 Å². The van der Waals surface area contributed by atoms with Crippen LogP contribution in [0.1, 0.15) is 62.4 Å². The predicted molar refractivity (Wildman–Crippen MR) is 225 cm³/mol. The minimum absolute atomic E-state index is 0.0509. The largest absolute Gasteiger partial charge is 0.508 e. The molecule has 0 saturated carbocycles. The number of hydrogen-bond acceptors (Lipinski definition) is 12. The smallest absolute Gasteiger partial charge is 0.411 e. The van der Waals surface area contributed by atoms with E-state index in [0.29, 0.717) is 58.8 Å². The van der Waals surface area contributed by atoms with Crippen molar-refractivity contribution in [2.45, 2.75) is 71.4 Å². The maximum absolute atomic E-state index is 13.9. The Morgan fingerprint density at radius 1 is 1.07 bits per heavy atom. The molecule has 0 fully saturated rings. The third-order valence-electron chi connectivity index (χ3n) is 12.2. The number of carbonyl (C=O) groups excluding carboxylic acids is 2. The number of H-pyrrole nitrogens is 1. The lowest BCUT2D eigenvalue weighted by Crippen LogP contribution is -2.54. The molecule has 9 rings (SSSR count). The number of carbonyl (C=O) groups is 2. The maximum atomic E-state index is 13.9. The molecule has 0 spiro atoms. The summed E-state index contributed by atoms with van der Waals surface area (Å²) in [5.41, 5.74) is 4.54. The van der Waals surface area contributed by atoms with Crippen LogP contribution in [0, 0.1) is 0 Å². The van der Waals surface area contributed by atoms with E-state index in [1.54, 1.807) is 50.4 Å². The van der Waals surface area contributed by atoms with Crippen LogP contribution in [0.2, 0.25) is 0 Å². The molecule has 0 radical (unpaired) electrons. The van der Waals surface area contributed by atoms with Gasteiger partial charge < -0.3 is 44.3 Å². The average Bonchev–Trinajstić information content (AvgIpc) is 3.94. The van der Waals surface area contributed by atoms with Crippen LogP contribution in [0.3, 0.4) is 0 Å².